The van der Waals surface area contributed by atoms with Gasteiger partial charge in [-0.1, -0.05) is 30.3 Å². The van der Waals surface area contributed by atoms with Gasteiger partial charge in [0.15, 0.2) is 6.10 Å². The lowest BCUT2D eigenvalue weighted by molar-refractivity contribution is -0.149. The van der Waals surface area contributed by atoms with Crippen molar-refractivity contribution >= 4 is 12.1 Å². The molecule has 20 heavy (non-hydrogen) atoms. The zero-order chi connectivity index (χ0) is 14.5. The van der Waals surface area contributed by atoms with Gasteiger partial charge >= 0.3 is 12.1 Å². The van der Waals surface area contributed by atoms with E-state index in [9.17, 15) is 14.7 Å². The van der Waals surface area contributed by atoms with Crippen LogP contribution in [0, 0.1) is 0 Å². The van der Waals surface area contributed by atoms with E-state index >= 15 is 0 Å². The molecule has 1 aliphatic heterocycles. The molecule has 1 heterocycles. The lowest BCUT2D eigenvalue weighted by atomic mass is 10.1. The number of carboxylic acid groups (broad SMARTS) is 1. The highest BCUT2D eigenvalue weighted by Crippen LogP contribution is 2.21. The van der Waals surface area contributed by atoms with Crippen LogP contribution < -0.4 is 0 Å². The Hall–Kier alpha value is -2.08. The van der Waals surface area contributed by atoms with E-state index in [-0.39, 0.29) is 6.61 Å². The van der Waals surface area contributed by atoms with Crippen LogP contribution in [0.3, 0.4) is 0 Å². The van der Waals surface area contributed by atoms with Crippen molar-refractivity contribution in [3.63, 3.8) is 0 Å². The third kappa shape index (κ3) is 3.27. The van der Waals surface area contributed by atoms with E-state index in [1.165, 1.54) is 4.90 Å². The highest BCUT2D eigenvalue weighted by Gasteiger charge is 2.38. The first kappa shape index (κ1) is 14.3. The van der Waals surface area contributed by atoms with Gasteiger partial charge in [-0.15, -0.1) is 0 Å². The maximum atomic E-state index is 12.0. The largest absolute Gasteiger partial charge is 0.479 e. The first-order chi connectivity index (χ1) is 9.59. The molecule has 2 rings (SSSR count). The highest BCUT2D eigenvalue weighted by atomic mass is 16.6. The third-order valence-electron chi connectivity index (χ3n) is 3.36. The Balaban J connectivity index is 1.93. The Kier molecular flexibility index (Phi) is 4.57. The first-order valence-electron chi connectivity index (χ1n) is 6.48. The van der Waals surface area contributed by atoms with E-state index in [2.05, 4.69) is 0 Å². The van der Waals surface area contributed by atoms with Gasteiger partial charge in [-0.25, -0.2) is 9.59 Å². The zero-order valence-corrected chi connectivity index (χ0v) is 10.9. The number of ether oxygens (including phenoxy) is 1. The number of carbonyl (C=O) groups excluding carboxylic acids is 1. The van der Waals surface area contributed by atoms with Crippen LogP contribution in [0.5, 0.6) is 0 Å². The molecule has 1 aliphatic rings. The zero-order valence-electron chi connectivity index (χ0n) is 10.9. The summed E-state index contributed by atoms with van der Waals surface area (Å²) < 4.78 is 5.16. The second-order valence-electron chi connectivity index (χ2n) is 4.73. The van der Waals surface area contributed by atoms with E-state index in [1.54, 1.807) is 0 Å². The average Bonchev–Trinajstić information content (AvgIpc) is 2.94. The van der Waals surface area contributed by atoms with Crippen LogP contribution in [0.15, 0.2) is 30.3 Å². The van der Waals surface area contributed by atoms with Gasteiger partial charge in [0, 0.05) is 6.54 Å². The van der Waals surface area contributed by atoms with Crippen molar-refractivity contribution in [3.8, 4) is 0 Å². The summed E-state index contributed by atoms with van der Waals surface area (Å²) in [6.45, 7) is 0.536. The van der Waals surface area contributed by atoms with Gasteiger partial charge in [0.2, 0.25) is 0 Å². The predicted octanol–water partition coefficient (Wildman–Crippen LogP) is 1.23. The molecule has 0 aliphatic carbocycles. The molecule has 0 bridgehead atoms. The van der Waals surface area contributed by atoms with Crippen molar-refractivity contribution in [2.75, 3.05) is 6.54 Å². The van der Waals surface area contributed by atoms with Gasteiger partial charge in [-0.05, 0) is 18.4 Å². The fraction of sp³-hybridized carbons (Fsp3) is 0.429. The summed E-state index contributed by atoms with van der Waals surface area (Å²) >= 11 is 0. The number of hydrogen-bond acceptors (Lipinski definition) is 4. The van der Waals surface area contributed by atoms with E-state index in [0.29, 0.717) is 19.4 Å². The van der Waals surface area contributed by atoms with Crippen LogP contribution in [-0.4, -0.2) is 45.9 Å². The number of aliphatic hydroxyl groups is 1. The normalized spacial score (nSPS) is 19.6. The van der Waals surface area contributed by atoms with Crippen LogP contribution in [0.25, 0.3) is 0 Å². The molecule has 0 spiro atoms. The van der Waals surface area contributed by atoms with E-state index in [0.717, 1.165) is 5.56 Å². The van der Waals surface area contributed by atoms with Crippen LogP contribution in [-0.2, 0) is 16.1 Å². The molecule has 2 atom stereocenters. The van der Waals surface area contributed by atoms with E-state index in [1.807, 2.05) is 30.3 Å². The standard InChI is InChI=1S/C14H17NO5/c16-12(13(17)18)11-7-4-8-15(11)14(19)20-9-10-5-2-1-3-6-10/h1-3,5-6,11-12,16H,4,7-9H2,(H,17,18)/t11-,12?/m1/s1. The van der Waals surface area contributed by atoms with Crippen LogP contribution in [0.1, 0.15) is 18.4 Å². The summed E-state index contributed by atoms with van der Waals surface area (Å²) in [5.41, 5.74) is 0.857. The van der Waals surface area contributed by atoms with Crippen molar-refractivity contribution < 1.29 is 24.5 Å². The lowest BCUT2D eigenvalue weighted by Gasteiger charge is -2.25. The van der Waals surface area contributed by atoms with Gasteiger partial charge in [-0.2, -0.15) is 0 Å². The van der Waals surface area contributed by atoms with Gasteiger partial charge < -0.3 is 19.8 Å². The van der Waals surface area contributed by atoms with E-state index in [4.69, 9.17) is 9.84 Å². The first-order valence-corrected chi connectivity index (χ1v) is 6.48. The highest BCUT2D eigenvalue weighted by molar-refractivity contribution is 5.75. The Morgan fingerprint density at radius 1 is 1.35 bits per heavy atom. The maximum absolute atomic E-state index is 12.0. The minimum Gasteiger partial charge on any atom is -0.479 e. The third-order valence-corrected chi connectivity index (χ3v) is 3.36. The molecular formula is C14H17NO5. The molecule has 0 aromatic heterocycles. The predicted molar refractivity (Wildman–Crippen MR) is 70.0 cm³/mol. The molecule has 108 valence electrons. The number of aliphatic carboxylic acids is 1. The van der Waals surface area contributed by atoms with Gasteiger partial charge in [-0.3, -0.25) is 0 Å². The fourth-order valence-electron chi connectivity index (χ4n) is 2.31. The number of carboxylic acids is 1. The molecule has 1 unspecified atom stereocenters. The van der Waals surface area contributed by atoms with Gasteiger partial charge in [0.1, 0.15) is 6.61 Å². The summed E-state index contributed by atoms with van der Waals surface area (Å²) in [6, 6.07) is 8.51. The van der Waals surface area contributed by atoms with Crippen LogP contribution >= 0.6 is 0 Å². The fourth-order valence-corrected chi connectivity index (χ4v) is 2.31. The Labute approximate surface area is 116 Å². The number of carbonyl (C=O) groups is 2. The molecule has 1 aromatic carbocycles. The molecule has 6 nitrogen and oxygen atoms in total. The van der Waals surface area contributed by atoms with E-state index < -0.39 is 24.2 Å². The van der Waals surface area contributed by atoms with Gasteiger partial charge in [0.05, 0.1) is 6.04 Å². The van der Waals surface area contributed by atoms with Crippen molar-refractivity contribution in [1.82, 2.24) is 4.90 Å². The summed E-state index contributed by atoms with van der Waals surface area (Å²) in [5.74, 6) is -1.32. The second-order valence-corrected chi connectivity index (χ2v) is 4.73. The number of rotatable bonds is 4. The van der Waals surface area contributed by atoms with Crippen molar-refractivity contribution in [2.45, 2.75) is 31.6 Å². The molecular weight excluding hydrogens is 262 g/mol. The lowest BCUT2D eigenvalue weighted by Crippen LogP contribution is -2.46. The van der Waals surface area contributed by atoms with Crippen molar-refractivity contribution in [2.24, 2.45) is 0 Å². The number of hydrogen-bond donors (Lipinski definition) is 2. The molecule has 1 saturated heterocycles. The molecule has 1 aromatic rings. The minimum atomic E-state index is -1.57. The van der Waals surface area contributed by atoms with Crippen LogP contribution in [0.4, 0.5) is 4.79 Å². The summed E-state index contributed by atoms with van der Waals surface area (Å²) in [5, 5.41) is 18.4. The second kappa shape index (κ2) is 6.38. The summed E-state index contributed by atoms with van der Waals surface area (Å²) in [7, 11) is 0. The average molecular weight is 279 g/mol. The number of aliphatic hydroxyl groups excluding tert-OH is 1. The Morgan fingerprint density at radius 3 is 2.70 bits per heavy atom. The topological polar surface area (TPSA) is 87.1 Å². The van der Waals surface area contributed by atoms with Crippen molar-refractivity contribution in [1.29, 1.82) is 0 Å². The SMILES string of the molecule is O=C(O)C(O)[C@H]1CCCN1C(=O)OCc1ccccc1. The van der Waals surface area contributed by atoms with Gasteiger partial charge in [0.25, 0.3) is 0 Å². The minimum absolute atomic E-state index is 0.131. The maximum Gasteiger partial charge on any atom is 0.410 e. The van der Waals surface area contributed by atoms with Crippen LogP contribution in [0.2, 0.25) is 0 Å². The quantitative estimate of drug-likeness (QED) is 0.865. The molecule has 2 N–H and O–H groups in total. The smallest absolute Gasteiger partial charge is 0.410 e. The molecule has 0 saturated carbocycles. The summed E-state index contributed by atoms with van der Waals surface area (Å²) in [6.07, 6.45) is -1.03. The monoisotopic (exact) mass is 279 g/mol. The number of benzene rings is 1. The number of amides is 1. The van der Waals surface area contributed by atoms with Crippen molar-refractivity contribution in [3.05, 3.63) is 35.9 Å². The Morgan fingerprint density at radius 2 is 2.05 bits per heavy atom. The molecule has 6 heteroatoms. The number of nitrogens with zero attached hydrogens (tertiary/aromatic N) is 1. The molecule has 1 amide bonds. The number of likely N-dealkylation sites (tertiary alicyclic amines) is 1. The summed E-state index contributed by atoms with van der Waals surface area (Å²) in [4.78, 5) is 24.1. The molecule has 1 fully saturated rings. The molecule has 0 radical (unpaired) electrons. The Bertz CT molecular complexity index is 476.